The zero-order valence-corrected chi connectivity index (χ0v) is 17.4. The number of amides is 1. The molecule has 2 N–H and O–H groups in total. The van der Waals surface area contributed by atoms with E-state index in [1.54, 1.807) is 0 Å². The number of nitrogens with two attached hydrogens (primary N) is 1. The monoisotopic (exact) mass is 417 g/mol. The highest BCUT2D eigenvalue weighted by Gasteiger charge is 2.37. The van der Waals surface area contributed by atoms with Gasteiger partial charge in [0.1, 0.15) is 0 Å². The second-order valence-electron chi connectivity index (χ2n) is 7.35. The summed E-state index contributed by atoms with van der Waals surface area (Å²) in [6, 6.07) is 8.20. The quantitative estimate of drug-likeness (QED) is 0.816. The van der Waals surface area contributed by atoms with Crippen LogP contribution in [0.4, 0.5) is 0 Å². The number of likely N-dealkylation sites (tertiary alicyclic amines) is 1. The summed E-state index contributed by atoms with van der Waals surface area (Å²) in [5.74, 6) is 0.166. The standard InChI is InChI=1S/C18H28BrN3O.ClH/c1-13(22-10-9-16(20)18(2,3)12-22)17(23)21(4)11-14-5-7-15(19)8-6-14;/h5-8,13,16H,9-12,20H2,1-4H3;1H. The zero-order valence-electron chi connectivity index (χ0n) is 15.0. The van der Waals surface area contributed by atoms with E-state index in [-0.39, 0.29) is 35.8 Å². The van der Waals surface area contributed by atoms with Gasteiger partial charge in [0.2, 0.25) is 5.91 Å². The molecule has 1 aromatic carbocycles. The molecule has 4 nitrogen and oxygen atoms in total. The lowest BCUT2D eigenvalue weighted by molar-refractivity contribution is -0.137. The number of likely N-dealkylation sites (N-methyl/N-ethyl adjacent to an activating group) is 1. The Morgan fingerprint density at radius 1 is 1.42 bits per heavy atom. The Morgan fingerprint density at radius 3 is 2.54 bits per heavy atom. The molecule has 136 valence electrons. The van der Waals surface area contributed by atoms with E-state index < -0.39 is 0 Å². The third-order valence-electron chi connectivity index (χ3n) is 4.96. The molecule has 1 aromatic rings. The van der Waals surface area contributed by atoms with E-state index >= 15 is 0 Å². The molecule has 0 aromatic heterocycles. The van der Waals surface area contributed by atoms with Crippen molar-refractivity contribution in [3.05, 3.63) is 34.3 Å². The first-order valence-electron chi connectivity index (χ1n) is 8.20. The molecule has 1 saturated heterocycles. The van der Waals surface area contributed by atoms with Crippen LogP contribution in [-0.4, -0.2) is 47.9 Å². The van der Waals surface area contributed by atoms with Crippen LogP contribution >= 0.6 is 28.3 Å². The van der Waals surface area contributed by atoms with E-state index in [1.165, 1.54) is 0 Å². The van der Waals surface area contributed by atoms with Crippen LogP contribution < -0.4 is 5.73 Å². The Bertz CT molecular complexity index is 550. The van der Waals surface area contributed by atoms with E-state index in [1.807, 2.05) is 43.1 Å². The third kappa shape index (κ3) is 5.19. The second kappa shape index (κ2) is 8.65. The summed E-state index contributed by atoms with van der Waals surface area (Å²) in [6.45, 7) is 8.77. The number of hydrogen-bond acceptors (Lipinski definition) is 3. The molecule has 6 heteroatoms. The molecule has 1 heterocycles. The van der Waals surface area contributed by atoms with Crippen LogP contribution in [0.25, 0.3) is 0 Å². The van der Waals surface area contributed by atoms with E-state index in [4.69, 9.17) is 5.73 Å². The lowest BCUT2D eigenvalue weighted by Gasteiger charge is -2.45. The molecule has 0 radical (unpaired) electrons. The molecule has 2 atom stereocenters. The molecule has 0 saturated carbocycles. The Morgan fingerprint density at radius 2 is 2.00 bits per heavy atom. The summed E-state index contributed by atoms with van der Waals surface area (Å²) in [5, 5.41) is 0. The highest BCUT2D eigenvalue weighted by molar-refractivity contribution is 9.10. The molecule has 24 heavy (non-hydrogen) atoms. The molecule has 2 rings (SSSR count). The summed E-state index contributed by atoms with van der Waals surface area (Å²) in [7, 11) is 1.88. The lowest BCUT2D eigenvalue weighted by atomic mass is 9.79. The first kappa shape index (κ1) is 21.4. The number of nitrogens with zero attached hydrogens (tertiary/aromatic N) is 2. The molecule has 2 unspecified atom stereocenters. The van der Waals surface area contributed by atoms with Crippen molar-refractivity contribution in [2.45, 2.75) is 45.8 Å². The van der Waals surface area contributed by atoms with Gasteiger partial charge in [-0.3, -0.25) is 9.69 Å². The van der Waals surface area contributed by atoms with Crippen LogP contribution in [0.2, 0.25) is 0 Å². The van der Waals surface area contributed by atoms with Gasteiger partial charge < -0.3 is 10.6 Å². The molecule has 1 aliphatic heterocycles. The predicted octanol–water partition coefficient (Wildman–Crippen LogP) is 3.28. The molecule has 0 aliphatic carbocycles. The smallest absolute Gasteiger partial charge is 0.239 e. The Kier molecular flexibility index (Phi) is 7.73. The van der Waals surface area contributed by atoms with Crippen molar-refractivity contribution in [2.75, 3.05) is 20.1 Å². The first-order chi connectivity index (χ1) is 10.7. The predicted molar refractivity (Wildman–Crippen MR) is 105 cm³/mol. The van der Waals surface area contributed by atoms with Gasteiger partial charge in [0, 0.05) is 37.2 Å². The van der Waals surface area contributed by atoms with Gasteiger partial charge in [0.25, 0.3) is 0 Å². The number of carbonyl (C=O) groups excluding carboxylic acids is 1. The molecular formula is C18H29BrClN3O. The average molecular weight is 419 g/mol. The van der Waals surface area contributed by atoms with Crippen molar-refractivity contribution in [1.82, 2.24) is 9.80 Å². The van der Waals surface area contributed by atoms with Gasteiger partial charge in [0.15, 0.2) is 0 Å². The van der Waals surface area contributed by atoms with Crippen molar-refractivity contribution in [2.24, 2.45) is 11.1 Å². The lowest BCUT2D eigenvalue weighted by Crippen LogP contribution is -2.57. The second-order valence-corrected chi connectivity index (χ2v) is 8.27. The largest absolute Gasteiger partial charge is 0.340 e. The number of benzene rings is 1. The summed E-state index contributed by atoms with van der Waals surface area (Å²) in [5.41, 5.74) is 7.39. The SMILES string of the molecule is CC(C(=O)N(C)Cc1ccc(Br)cc1)N1CCC(N)C(C)(C)C1.Cl. The third-order valence-corrected chi connectivity index (χ3v) is 5.48. The zero-order chi connectivity index (χ0) is 17.2. The van der Waals surface area contributed by atoms with Gasteiger partial charge in [-0.1, -0.05) is 41.9 Å². The van der Waals surface area contributed by atoms with Gasteiger partial charge in [-0.25, -0.2) is 0 Å². The van der Waals surface area contributed by atoms with Crippen molar-refractivity contribution in [3.63, 3.8) is 0 Å². The van der Waals surface area contributed by atoms with Crippen LogP contribution in [-0.2, 0) is 11.3 Å². The normalized spacial score (nSPS) is 21.7. The maximum Gasteiger partial charge on any atom is 0.239 e. The Balaban J connectivity index is 0.00000288. The minimum atomic E-state index is -0.109. The fraction of sp³-hybridized carbons (Fsp3) is 0.611. The van der Waals surface area contributed by atoms with Gasteiger partial charge in [-0.2, -0.15) is 0 Å². The van der Waals surface area contributed by atoms with E-state index in [2.05, 4.69) is 34.7 Å². The van der Waals surface area contributed by atoms with Gasteiger partial charge in [0.05, 0.1) is 6.04 Å². The van der Waals surface area contributed by atoms with Gasteiger partial charge >= 0.3 is 0 Å². The van der Waals surface area contributed by atoms with Crippen molar-refractivity contribution < 1.29 is 4.79 Å². The number of rotatable bonds is 4. The molecule has 0 bridgehead atoms. The fourth-order valence-corrected chi connectivity index (χ4v) is 3.43. The maximum atomic E-state index is 12.7. The topological polar surface area (TPSA) is 49.6 Å². The first-order valence-corrected chi connectivity index (χ1v) is 8.99. The molecule has 1 aliphatic rings. The molecular weight excluding hydrogens is 390 g/mol. The minimum Gasteiger partial charge on any atom is -0.340 e. The Hall–Kier alpha value is -0.620. The highest BCUT2D eigenvalue weighted by atomic mass is 79.9. The average Bonchev–Trinajstić information content (AvgIpc) is 2.50. The van der Waals surface area contributed by atoms with E-state index in [0.717, 1.165) is 29.5 Å². The Labute approximate surface area is 160 Å². The number of halogens is 2. The molecule has 0 spiro atoms. The number of carbonyl (C=O) groups is 1. The highest BCUT2D eigenvalue weighted by Crippen LogP contribution is 2.29. The van der Waals surface area contributed by atoms with E-state index in [9.17, 15) is 4.79 Å². The number of piperidine rings is 1. The van der Waals surface area contributed by atoms with Crippen molar-refractivity contribution in [3.8, 4) is 0 Å². The summed E-state index contributed by atoms with van der Waals surface area (Å²) in [4.78, 5) is 16.8. The summed E-state index contributed by atoms with van der Waals surface area (Å²) in [6.07, 6.45) is 0.945. The van der Waals surface area contributed by atoms with Crippen molar-refractivity contribution in [1.29, 1.82) is 0 Å². The molecule has 1 amide bonds. The van der Waals surface area contributed by atoms with E-state index in [0.29, 0.717) is 6.54 Å². The van der Waals surface area contributed by atoms with Crippen LogP contribution in [0.15, 0.2) is 28.7 Å². The molecule has 1 fully saturated rings. The maximum absolute atomic E-state index is 12.7. The van der Waals surface area contributed by atoms with Gasteiger partial charge in [-0.15, -0.1) is 12.4 Å². The van der Waals surface area contributed by atoms with Crippen LogP contribution in [0.5, 0.6) is 0 Å². The van der Waals surface area contributed by atoms with Crippen molar-refractivity contribution >= 4 is 34.2 Å². The fourth-order valence-electron chi connectivity index (χ4n) is 3.16. The summed E-state index contributed by atoms with van der Waals surface area (Å²) >= 11 is 3.43. The number of hydrogen-bond donors (Lipinski definition) is 1. The van der Waals surface area contributed by atoms with Crippen LogP contribution in [0, 0.1) is 5.41 Å². The minimum absolute atomic E-state index is 0. The summed E-state index contributed by atoms with van der Waals surface area (Å²) < 4.78 is 1.05. The van der Waals surface area contributed by atoms with Gasteiger partial charge in [-0.05, 0) is 36.5 Å². The van der Waals surface area contributed by atoms with Crippen LogP contribution in [0.3, 0.4) is 0 Å². The van der Waals surface area contributed by atoms with Crippen LogP contribution in [0.1, 0.15) is 32.8 Å².